The Morgan fingerprint density at radius 2 is 0.853 bits per heavy atom. The van der Waals surface area contributed by atoms with Gasteiger partial charge >= 0.3 is 0 Å². The van der Waals surface area contributed by atoms with Gasteiger partial charge in [-0.25, -0.2) is 0 Å². The van der Waals surface area contributed by atoms with Crippen LogP contribution in [0.15, 0.2) is 0 Å². The van der Waals surface area contributed by atoms with E-state index in [9.17, 15) is 5.11 Å². The molecule has 0 saturated heterocycles. The lowest BCUT2D eigenvalue weighted by Gasteiger charge is -2.29. The molecule has 1 atom stereocenters. The number of aliphatic hydroxyl groups excluding tert-OH is 5. The largest absolute Gasteiger partial charge is 0.394 e. The topological polar surface area (TPSA) is 197 Å². The summed E-state index contributed by atoms with van der Waals surface area (Å²) in [7, 11) is 0. The van der Waals surface area contributed by atoms with Crippen molar-refractivity contribution in [1.82, 2.24) is 10.6 Å². The third-order valence-corrected chi connectivity index (χ3v) is 2.10. The summed E-state index contributed by atoms with van der Waals surface area (Å²) in [5.74, 6) is 0. The molecule has 1 unspecified atom stereocenters. The summed E-state index contributed by atoms with van der Waals surface area (Å²) in [5, 5.41) is 56.3. The fourth-order valence-electron chi connectivity index (χ4n) is 1.18. The minimum Gasteiger partial charge on any atom is -0.394 e. The highest BCUT2D eigenvalue weighted by Gasteiger charge is 2.24. The van der Waals surface area contributed by atoms with Gasteiger partial charge in [-0.15, -0.1) is 0 Å². The number of aliphatic hydroxyl groups is 6. The van der Waals surface area contributed by atoms with Gasteiger partial charge in [0.1, 0.15) is 0 Å². The maximum Gasteiger partial charge on any atom is 0.0756 e. The minimum atomic E-state index is -0.775. The van der Waals surface area contributed by atoms with Crippen LogP contribution >= 0.6 is 0 Å². The van der Waals surface area contributed by atoms with Crippen molar-refractivity contribution < 1.29 is 30.6 Å². The minimum absolute atomic E-state index is 0.0674. The zero-order valence-electron chi connectivity index (χ0n) is 24.3. The van der Waals surface area contributed by atoms with Crippen LogP contribution in [-0.2, 0) is 0 Å². The Kier molecular flexibility index (Phi) is 47.9. The molecule has 0 aliphatic heterocycles. The molecule has 34 heavy (non-hydrogen) atoms. The molecule has 0 aliphatic rings. The van der Waals surface area contributed by atoms with E-state index in [0.717, 1.165) is 19.6 Å². The standard InChI is InChI=1S/C9H24N4O.5C3H8O/c1-9(2,14)8(7-11)13-6-5-12-4-3-10;5*1-3(2)4/h8,12-14H,3-7,10-11H2,1-2H3;5*3-4H,1-2H3. The molecule has 0 aliphatic carbocycles. The zero-order valence-corrected chi connectivity index (χ0v) is 24.3. The monoisotopic (exact) mass is 504 g/mol. The molecular weight excluding hydrogens is 440 g/mol. The molecule has 0 aromatic heterocycles. The SMILES string of the molecule is CC(C)(O)C(CN)NCCNCCN.CC(C)O.CC(C)O.CC(C)O.CC(C)O.CC(C)O. The molecular formula is C24H64N4O6. The van der Waals surface area contributed by atoms with E-state index in [-0.39, 0.29) is 36.6 Å². The van der Waals surface area contributed by atoms with Gasteiger partial charge in [-0.1, -0.05) is 0 Å². The van der Waals surface area contributed by atoms with Crippen molar-refractivity contribution in [1.29, 1.82) is 0 Å². The normalized spacial score (nSPS) is 11.2. The number of nitrogens with one attached hydrogen (secondary N) is 2. The first-order valence-electron chi connectivity index (χ1n) is 12.2. The molecule has 0 rings (SSSR count). The van der Waals surface area contributed by atoms with Crippen molar-refractivity contribution in [2.75, 3.05) is 32.7 Å². The maximum atomic E-state index is 9.70. The van der Waals surface area contributed by atoms with Crippen LogP contribution in [0.1, 0.15) is 83.1 Å². The van der Waals surface area contributed by atoms with E-state index < -0.39 is 5.60 Å². The summed E-state index contributed by atoms with van der Waals surface area (Å²) in [6.07, 6.45) is -0.833. The highest BCUT2D eigenvalue weighted by molar-refractivity contribution is 4.84. The van der Waals surface area contributed by atoms with Crippen molar-refractivity contribution in [2.45, 2.75) is 125 Å². The molecule has 216 valence electrons. The van der Waals surface area contributed by atoms with Gasteiger partial charge in [0.25, 0.3) is 0 Å². The Balaban J connectivity index is -0.0000000805. The summed E-state index contributed by atoms with van der Waals surface area (Å²) < 4.78 is 0. The Morgan fingerprint density at radius 1 is 0.588 bits per heavy atom. The predicted octanol–water partition coefficient (Wildman–Crippen LogP) is 0.158. The summed E-state index contributed by atoms with van der Waals surface area (Å²) in [6, 6.07) is -0.0674. The van der Waals surface area contributed by atoms with Gasteiger partial charge < -0.3 is 52.7 Å². The third-order valence-electron chi connectivity index (χ3n) is 2.10. The van der Waals surface area contributed by atoms with E-state index in [0.29, 0.717) is 13.1 Å². The van der Waals surface area contributed by atoms with Gasteiger partial charge in [-0.3, -0.25) is 0 Å². The summed E-state index contributed by atoms with van der Waals surface area (Å²) in [6.45, 7) is 24.2. The second-order valence-corrected chi connectivity index (χ2v) is 9.40. The summed E-state index contributed by atoms with van der Waals surface area (Å²) in [4.78, 5) is 0. The predicted molar refractivity (Wildman–Crippen MR) is 146 cm³/mol. The van der Waals surface area contributed by atoms with E-state index in [1.54, 1.807) is 83.1 Å². The molecule has 0 aromatic rings. The average molecular weight is 505 g/mol. The number of hydrogen-bond donors (Lipinski definition) is 10. The van der Waals surface area contributed by atoms with Crippen LogP contribution in [-0.4, -0.2) is 106 Å². The fraction of sp³-hybridized carbons (Fsp3) is 1.00. The molecule has 12 N–H and O–H groups in total. The molecule has 0 heterocycles. The third kappa shape index (κ3) is 139. The van der Waals surface area contributed by atoms with Crippen molar-refractivity contribution in [3.05, 3.63) is 0 Å². The lowest BCUT2D eigenvalue weighted by atomic mass is 9.99. The molecule has 0 radical (unpaired) electrons. The van der Waals surface area contributed by atoms with Crippen LogP contribution in [0.25, 0.3) is 0 Å². The Hall–Kier alpha value is -0.400. The maximum absolute atomic E-state index is 9.70. The smallest absolute Gasteiger partial charge is 0.0756 e. The van der Waals surface area contributed by atoms with Gasteiger partial charge in [0.15, 0.2) is 0 Å². The Morgan fingerprint density at radius 3 is 1.03 bits per heavy atom. The second kappa shape index (κ2) is 34.8. The Labute approximate surface area is 211 Å². The van der Waals surface area contributed by atoms with E-state index >= 15 is 0 Å². The molecule has 0 fully saturated rings. The average Bonchev–Trinajstić information content (AvgIpc) is 2.54. The summed E-state index contributed by atoms with van der Waals surface area (Å²) in [5.41, 5.74) is 10.1. The molecule has 0 spiro atoms. The van der Waals surface area contributed by atoms with Crippen LogP contribution in [0.4, 0.5) is 0 Å². The molecule has 0 saturated carbocycles. The van der Waals surface area contributed by atoms with Crippen LogP contribution in [0.5, 0.6) is 0 Å². The number of nitrogens with two attached hydrogens (primary N) is 2. The van der Waals surface area contributed by atoms with Gasteiger partial charge in [0, 0.05) is 69.3 Å². The number of hydrogen-bond acceptors (Lipinski definition) is 10. The van der Waals surface area contributed by atoms with Crippen LogP contribution in [0.3, 0.4) is 0 Å². The van der Waals surface area contributed by atoms with Gasteiger partial charge in [0.2, 0.25) is 0 Å². The van der Waals surface area contributed by atoms with Crippen molar-refractivity contribution in [3.63, 3.8) is 0 Å². The molecule has 10 nitrogen and oxygen atoms in total. The molecule has 0 amide bonds. The first kappa shape index (κ1) is 46.9. The van der Waals surface area contributed by atoms with E-state index in [1.165, 1.54) is 0 Å². The van der Waals surface area contributed by atoms with Gasteiger partial charge in [-0.2, -0.15) is 0 Å². The fourth-order valence-corrected chi connectivity index (χ4v) is 1.18. The first-order chi connectivity index (χ1) is 15.2. The quantitative estimate of drug-likeness (QED) is 0.203. The van der Waals surface area contributed by atoms with Crippen molar-refractivity contribution in [2.24, 2.45) is 11.5 Å². The van der Waals surface area contributed by atoms with Crippen molar-refractivity contribution >= 4 is 0 Å². The van der Waals surface area contributed by atoms with Crippen molar-refractivity contribution in [3.8, 4) is 0 Å². The van der Waals surface area contributed by atoms with E-state index in [4.69, 9.17) is 37.0 Å². The van der Waals surface area contributed by atoms with Gasteiger partial charge in [0.05, 0.1) is 5.60 Å². The Bertz CT molecular complexity index is 278. The van der Waals surface area contributed by atoms with Crippen LogP contribution in [0, 0.1) is 0 Å². The van der Waals surface area contributed by atoms with E-state index in [2.05, 4.69) is 10.6 Å². The van der Waals surface area contributed by atoms with E-state index in [1.807, 2.05) is 0 Å². The van der Waals surface area contributed by atoms with Crippen LogP contribution in [0.2, 0.25) is 0 Å². The highest BCUT2D eigenvalue weighted by atomic mass is 16.3. The summed E-state index contributed by atoms with van der Waals surface area (Å²) >= 11 is 0. The second-order valence-electron chi connectivity index (χ2n) is 9.40. The lowest BCUT2D eigenvalue weighted by Crippen LogP contribution is -2.52. The lowest BCUT2D eigenvalue weighted by molar-refractivity contribution is 0.0411. The number of rotatable bonds is 8. The first-order valence-corrected chi connectivity index (χ1v) is 12.2. The highest BCUT2D eigenvalue weighted by Crippen LogP contribution is 2.06. The van der Waals surface area contributed by atoms with Gasteiger partial charge in [-0.05, 0) is 83.1 Å². The molecule has 10 heteroatoms. The molecule has 0 aromatic carbocycles. The zero-order chi connectivity index (χ0) is 28.9. The molecule has 0 bridgehead atoms. The van der Waals surface area contributed by atoms with Crippen LogP contribution < -0.4 is 22.1 Å².